The van der Waals surface area contributed by atoms with Crippen LogP contribution in [0.4, 0.5) is 5.13 Å². The van der Waals surface area contributed by atoms with Gasteiger partial charge in [-0.15, -0.1) is 11.3 Å². The minimum atomic E-state index is -0.286. The van der Waals surface area contributed by atoms with Crippen LogP contribution < -0.4 is 10.6 Å². The average molecular weight is 356 g/mol. The lowest BCUT2D eigenvalue weighted by Crippen LogP contribution is -2.25. The Hall–Kier alpha value is -3.00. The van der Waals surface area contributed by atoms with Gasteiger partial charge in [0, 0.05) is 36.3 Å². The van der Waals surface area contributed by atoms with Crippen molar-refractivity contribution in [1.82, 2.24) is 15.3 Å². The molecule has 0 saturated carbocycles. The van der Waals surface area contributed by atoms with Gasteiger partial charge in [-0.25, -0.2) is 4.98 Å². The fourth-order valence-corrected chi connectivity index (χ4v) is 2.84. The summed E-state index contributed by atoms with van der Waals surface area (Å²) in [6.45, 7) is 0.395. The Balaban J connectivity index is 1.41. The monoisotopic (exact) mass is 356 g/mol. The highest BCUT2D eigenvalue weighted by atomic mass is 32.1. The van der Waals surface area contributed by atoms with Gasteiger partial charge in [-0.1, -0.05) is 0 Å². The minimum absolute atomic E-state index is 0.140. The van der Waals surface area contributed by atoms with Gasteiger partial charge in [0.05, 0.1) is 12.0 Å². The highest BCUT2D eigenvalue weighted by molar-refractivity contribution is 7.14. The maximum absolute atomic E-state index is 11.9. The molecule has 0 saturated heterocycles. The lowest BCUT2D eigenvalue weighted by molar-refractivity contribution is -0.116. The number of aromatic nitrogens is 2. The SMILES string of the molecule is O=C(CCCNC(=O)c1ccco1)Nc1nc(-c2cccnc2)cs1. The standard InChI is InChI=1S/C17H16N4O3S/c22-15(6-2-8-19-16(23)14-5-3-9-24-14)21-17-20-13(11-25-17)12-4-1-7-18-10-12/h1,3-5,7,9-11H,2,6,8H2,(H,19,23)(H,20,21,22). The average Bonchev–Trinajstić information content (AvgIpc) is 3.31. The van der Waals surface area contributed by atoms with E-state index in [1.54, 1.807) is 24.5 Å². The van der Waals surface area contributed by atoms with Crippen molar-refractivity contribution in [2.45, 2.75) is 12.8 Å². The molecular weight excluding hydrogens is 340 g/mol. The lowest BCUT2D eigenvalue weighted by atomic mass is 10.2. The number of hydrogen-bond acceptors (Lipinski definition) is 6. The molecule has 2 amide bonds. The number of thiazole rings is 1. The van der Waals surface area contributed by atoms with Gasteiger partial charge in [-0.05, 0) is 30.7 Å². The molecule has 0 aliphatic heterocycles. The van der Waals surface area contributed by atoms with E-state index in [9.17, 15) is 9.59 Å². The van der Waals surface area contributed by atoms with Crippen LogP contribution in [0.2, 0.25) is 0 Å². The maximum Gasteiger partial charge on any atom is 0.286 e. The zero-order chi connectivity index (χ0) is 17.5. The number of carbonyl (C=O) groups is 2. The normalized spacial score (nSPS) is 10.4. The molecular formula is C17H16N4O3S. The molecule has 0 aliphatic rings. The van der Waals surface area contributed by atoms with Crippen molar-refractivity contribution < 1.29 is 14.0 Å². The summed E-state index contributed by atoms with van der Waals surface area (Å²) in [4.78, 5) is 32.0. The summed E-state index contributed by atoms with van der Waals surface area (Å²) in [6.07, 6.45) is 5.68. The van der Waals surface area contributed by atoms with Gasteiger partial charge in [-0.2, -0.15) is 0 Å². The van der Waals surface area contributed by atoms with Crippen molar-refractivity contribution in [2.75, 3.05) is 11.9 Å². The number of nitrogens with one attached hydrogen (secondary N) is 2. The number of carbonyl (C=O) groups excluding carboxylic acids is 2. The van der Waals surface area contributed by atoms with E-state index < -0.39 is 0 Å². The van der Waals surface area contributed by atoms with Crippen molar-refractivity contribution in [1.29, 1.82) is 0 Å². The molecule has 0 unspecified atom stereocenters. The predicted octanol–water partition coefficient (Wildman–Crippen LogP) is 2.95. The van der Waals surface area contributed by atoms with E-state index in [-0.39, 0.29) is 17.6 Å². The number of furan rings is 1. The summed E-state index contributed by atoms with van der Waals surface area (Å²) < 4.78 is 4.99. The second-order valence-electron chi connectivity index (χ2n) is 5.16. The van der Waals surface area contributed by atoms with Gasteiger partial charge >= 0.3 is 0 Å². The Labute approximate surface area is 148 Å². The van der Waals surface area contributed by atoms with Crippen LogP contribution in [0, 0.1) is 0 Å². The minimum Gasteiger partial charge on any atom is -0.459 e. The topological polar surface area (TPSA) is 97.1 Å². The molecule has 3 aromatic heterocycles. The van der Waals surface area contributed by atoms with Crippen LogP contribution in [-0.4, -0.2) is 28.3 Å². The molecule has 0 radical (unpaired) electrons. The fraction of sp³-hybridized carbons (Fsp3) is 0.176. The third-order valence-electron chi connectivity index (χ3n) is 3.32. The van der Waals surface area contributed by atoms with E-state index in [2.05, 4.69) is 20.6 Å². The van der Waals surface area contributed by atoms with Crippen molar-refractivity contribution in [3.05, 3.63) is 54.1 Å². The van der Waals surface area contributed by atoms with Crippen LogP contribution in [0.5, 0.6) is 0 Å². The third-order valence-corrected chi connectivity index (χ3v) is 4.08. The highest BCUT2D eigenvalue weighted by Gasteiger charge is 2.10. The summed E-state index contributed by atoms with van der Waals surface area (Å²) in [5.41, 5.74) is 1.68. The van der Waals surface area contributed by atoms with Gasteiger partial charge in [-0.3, -0.25) is 14.6 Å². The Bertz CT molecular complexity index is 831. The van der Waals surface area contributed by atoms with Crippen LogP contribution >= 0.6 is 11.3 Å². The zero-order valence-electron chi connectivity index (χ0n) is 13.3. The quantitative estimate of drug-likeness (QED) is 0.634. The molecule has 3 heterocycles. The van der Waals surface area contributed by atoms with Crippen LogP contribution in [-0.2, 0) is 4.79 Å². The lowest BCUT2D eigenvalue weighted by Gasteiger charge is -2.03. The summed E-state index contributed by atoms with van der Waals surface area (Å²) in [7, 11) is 0. The number of hydrogen-bond donors (Lipinski definition) is 2. The summed E-state index contributed by atoms with van der Waals surface area (Å²) in [5.74, 6) is -0.166. The Morgan fingerprint density at radius 3 is 2.92 bits per heavy atom. The molecule has 8 heteroatoms. The molecule has 0 bridgehead atoms. The van der Waals surface area contributed by atoms with Crippen LogP contribution in [0.1, 0.15) is 23.4 Å². The molecule has 3 aromatic rings. The molecule has 0 fully saturated rings. The van der Waals surface area contributed by atoms with Crippen molar-refractivity contribution in [3.63, 3.8) is 0 Å². The fourth-order valence-electron chi connectivity index (χ4n) is 2.11. The van der Waals surface area contributed by atoms with Crippen molar-refractivity contribution in [3.8, 4) is 11.3 Å². The summed E-state index contributed by atoms with van der Waals surface area (Å²) in [6, 6.07) is 6.99. The Morgan fingerprint density at radius 2 is 2.16 bits per heavy atom. The number of pyridine rings is 1. The van der Waals surface area contributed by atoms with E-state index in [4.69, 9.17) is 4.42 Å². The van der Waals surface area contributed by atoms with Crippen LogP contribution in [0.3, 0.4) is 0 Å². The van der Waals surface area contributed by atoms with Gasteiger partial charge in [0.25, 0.3) is 5.91 Å². The first kappa shape index (κ1) is 16.8. The molecule has 128 valence electrons. The van der Waals surface area contributed by atoms with Gasteiger partial charge in [0.2, 0.25) is 5.91 Å². The van der Waals surface area contributed by atoms with E-state index >= 15 is 0 Å². The number of rotatable bonds is 7. The van der Waals surface area contributed by atoms with Gasteiger partial charge < -0.3 is 15.1 Å². The molecule has 25 heavy (non-hydrogen) atoms. The second kappa shape index (κ2) is 8.20. The summed E-state index contributed by atoms with van der Waals surface area (Å²) >= 11 is 1.36. The predicted molar refractivity (Wildman–Crippen MR) is 94.2 cm³/mol. The number of nitrogens with zero attached hydrogens (tertiary/aromatic N) is 2. The van der Waals surface area contributed by atoms with Crippen molar-refractivity contribution >= 4 is 28.3 Å². The van der Waals surface area contributed by atoms with Crippen molar-refractivity contribution in [2.24, 2.45) is 0 Å². The number of anilines is 1. The molecule has 2 N–H and O–H groups in total. The first-order valence-corrected chi connectivity index (χ1v) is 8.58. The first-order chi connectivity index (χ1) is 12.2. The van der Waals surface area contributed by atoms with E-state index in [0.29, 0.717) is 24.5 Å². The molecule has 3 rings (SSSR count). The third kappa shape index (κ3) is 4.74. The smallest absolute Gasteiger partial charge is 0.286 e. The molecule has 0 spiro atoms. The molecule has 0 aliphatic carbocycles. The first-order valence-electron chi connectivity index (χ1n) is 7.70. The van der Waals surface area contributed by atoms with E-state index in [0.717, 1.165) is 11.3 Å². The highest BCUT2D eigenvalue weighted by Crippen LogP contribution is 2.24. The largest absolute Gasteiger partial charge is 0.459 e. The maximum atomic E-state index is 11.9. The number of amides is 2. The zero-order valence-corrected chi connectivity index (χ0v) is 14.1. The van der Waals surface area contributed by atoms with Crippen LogP contribution in [0.25, 0.3) is 11.3 Å². The van der Waals surface area contributed by atoms with Gasteiger partial charge in [0.15, 0.2) is 10.9 Å². The summed E-state index contributed by atoms with van der Waals surface area (Å²) in [5, 5.41) is 7.88. The van der Waals surface area contributed by atoms with E-state index in [1.807, 2.05) is 17.5 Å². The molecule has 7 nitrogen and oxygen atoms in total. The van der Waals surface area contributed by atoms with E-state index in [1.165, 1.54) is 17.6 Å². The van der Waals surface area contributed by atoms with Gasteiger partial charge in [0.1, 0.15) is 0 Å². The Kier molecular flexibility index (Phi) is 5.53. The molecule has 0 atom stereocenters. The Morgan fingerprint density at radius 1 is 1.24 bits per heavy atom. The second-order valence-corrected chi connectivity index (χ2v) is 6.02. The molecule has 0 aromatic carbocycles. The van der Waals surface area contributed by atoms with Crippen LogP contribution in [0.15, 0.2) is 52.7 Å².